The van der Waals surface area contributed by atoms with Crippen LogP contribution in [-0.4, -0.2) is 49.2 Å². The average molecular weight is 456 g/mol. The van der Waals surface area contributed by atoms with Crippen LogP contribution in [-0.2, 0) is 36.2 Å². The first kappa shape index (κ1) is 25.9. The molecule has 4 unspecified atom stereocenters. The SMILES string of the molecule is CC(C)(C#N)C(=O)NS(=O)(=O)C(C)(F)C(C)(F)C(C)(F)[S+]([O-])NS(C)(=O)=O. The molecule has 2 N–H and O–H groups in total. The monoisotopic (exact) mass is 455 g/mol. The molecule has 0 heterocycles. The zero-order valence-corrected chi connectivity index (χ0v) is 17.7. The van der Waals surface area contributed by atoms with Crippen LogP contribution in [0.2, 0.25) is 0 Å². The Hall–Kier alpha value is -1.08. The van der Waals surface area contributed by atoms with Crippen LogP contribution >= 0.6 is 0 Å². The quantitative estimate of drug-likeness (QED) is 0.498. The number of amides is 1. The molecule has 0 aromatic heterocycles. The zero-order valence-electron chi connectivity index (χ0n) is 15.3. The molecular formula is C12H20F3N3O6S3. The van der Waals surface area contributed by atoms with Gasteiger partial charge in [-0.2, -0.15) is 9.65 Å². The number of rotatable bonds is 8. The minimum Gasteiger partial charge on any atom is -0.595 e. The van der Waals surface area contributed by atoms with Gasteiger partial charge in [0, 0.05) is 6.92 Å². The molecule has 0 spiro atoms. The Morgan fingerprint density at radius 3 is 1.81 bits per heavy atom. The Bertz CT molecular complexity index is 847. The van der Waals surface area contributed by atoms with Gasteiger partial charge in [0.2, 0.25) is 15.7 Å². The highest BCUT2D eigenvalue weighted by Gasteiger charge is 2.72. The van der Waals surface area contributed by atoms with Crippen LogP contribution in [0.4, 0.5) is 13.2 Å². The molecule has 0 saturated heterocycles. The molecular weight excluding hydrogens is 435 g/mol. The highest BCUT2D eigenvalue weighted by Crippen LogP contribution is 2.47. The van der Waals surface area contributed by atoms with Gasteiger partial charge in [0.15, 0.2) is 0 Å². The number of hydrogen-bond acceptors (Lipinski definition) is 7. The molecule has 0 saturated carbocycles. The van der Waals surface area contributed by atoms with Gasteiger partial charge in [0.05, 0.1) is 23.7 Å². The first-order chi connectivity index (χ1) is 11.6. The van der Waals surface area contributed by atoms with E-state index in [0.717, 1.165) is 18.6 Å². The van der Waals surface area contributed by atoms with Crippen LogP contribution in [0, 0.1) is 16.7 Å². The second-order valence-corrected chi connectivity index (χ2v) is 12.1. The van der Waals surface area contributed by atoms with Crippen molar-refractivity contribution in [2.45, 2.75) is 50.3 Å². The first-order valence-electron chi connectivity index (χ1n) is 7.01. The summed E-state index contributed by atoms with van der Waals surface area (Å²) in [7, 11) is -9.94. The summed E-state index contributed by atoms with van der Waals surface area (Å²) >= 11 is -3.43. The normalized spacial score (nSPS) is 21.1. The van der Waals surface area contributed by atoms with Gasteiger partial charge in [-0.3, -0.25) is 4.79 Å². The topological polar surface area (TPSA) is 156 Å². The Balaban J connectivity index is 6.09. The molecule has 1 amide bonds. The van der Waals surface area contributed by atoms with Gasteiger partial charge < -0.3 is 4.55 Å². The molecule has 15 heteroatoms. The van der Waals surface area contributed by atoms with Crippen molar-refractivity contribution in [2.24, 2.45) is 5.41 Å². The fourth-order valence-corrected chi connectivity index (χ4v) is 5.15. The molecule has 0 fully saturated rings. The zero-order chi connectivity index (χ0) is 22.3. The number of alkyl halides is 3. The fourth-order valence-electron chi connectivity index (χ4n) is 1.44. The summed E-state index contributed by atoms with van der Waals surface area (Å²) in [6.07, 6.45) is 0.464. The number of nitriles is 1. The Morgan fingerprint density at radius 1 is 1.07 bits per heavy atom. The van der Waals surface area contributed by atoms with Crippen molar-refractivity contribution in [3.05, 3.63) is 0 Å². The molecule has 0 aromatic rings. The molecule has 0 radical (unpaired) electrons. The number of hydrogen-bond donors (Lipinski definition) is 2. The van der Waals surface area contributed by atoms with E-state index in [9.17, 15) is 35.0 Å². The van der Waals surface area contributed by atoms with E-state index >= 15 is 4.39 Å². The second-order valence-electron chi connectivity index (χ2n) is 6.63. The van der Waals surface area contributed by atoms with Crippen molar-refractivity contribution in [1.82, 2.24) is 8.85 Å². The van der Waals surface area contributed by atoms with Crippen LogP contribution in [0.25, 0.3) is 0 Å². The number of halogens is 3. The van der Waals surface area contributed by atoms with Gasteiger partial charge in [-0.25, -0.2) is 30.3 Å². The summed E-state index contributed by atoms with van der Waals surface area (Å²) in [4.78, 5) is 11.8. The van der Waals surface area contributed by atoms with Gasteiger partial charge in [-0.05, 0) is 31.8 Å². The third kappa shape index (κ3) is 5.05. The summed E-state index contributed by atoms with van der Waals surface area (Å²) in [6, 6.07) is 1.44. The van der Waals surface area contributed by atoms with Gasteiger partial charge >= 0.3 is 5.00 Å². The third-order valence-electron chi connectivity index (χ3n) is 3.83. The third-order valence-corrected chi connectivity index (χ3v) is 8.57. The summed E-state index contributed by atoms with van der Waals surface area (Å²) in [5.41, 5.74) is -6.07. The second kappa shape index (κ2) is 7.39. The van der Waals surface area contributed by atoms with Crippen molar-refractivity contribution in [3.63, 3.8) is 0 Å². The van der Waals surface area contributed by atoms with Gasteiger partial charge in [0.25, 0.3) is 20.9 Å². The molecule has 0 aromatic carbocycles. The van der Waals surface area contributed by atoms with E-state index in [1.165, 1.54) is 10.2 Å². The minimum absolute atomic E-state index is 0.0669. The number of nitrogens with one attached hydrogen (secondary N) is 2. The molecule has 0 bridgehead atoms. The molecule has 0 aliphatic carbocycles. The molecule has 0 aliphatic rings. The van der Waals surface area contributed by atoms with Crippen molar-refractivity contribution < 1.29 is 39.4 Å². The number of nitrogens with zero attached hydrogens (tertiary/aromatic N) is 1. The van der Waals surface area contributed by atoms with Gasteiger partial charge in [-0.15, -0.1) is 0 Å². The number of carbonyl (C=O) groups excluding carboxylic acids is 1. The Morgan fingerprint density at radius 2 is 1.48 bits per heavy atom. The Labute approximate surface area is 159 Å². The lowest BCUT2D eigenvalue weighted by Crippen LogP contribution is -2.67. The average Bonchev–Trinajstić information content (AvgIpc) is 2.44. The van der Waals surface area contributed by atoms with E-state index in [1.54, 1.807) is 0 Å². The van der Waals surface area contributed by atoms with E-state index in [-0.39, 0.29) is 20.8 Å². The standard InChI is InChI=1S/C12H20F3N3O6S3/c1-9(2,7-16)8(19)17-27(23,24)12(5,15)10(3,13)11(4,14)25(20)18-26(6,21)22/h18H,1-6H3,(H,17,19). The van der Waals surface area contributed by atoms with Crippen molar-refractivity contribution in [3.8, 4) is 6.07 Å². The number of sulfonamides is 2. The fraction of sp³-hybridized carbons (Fsp3) is 0.833. The molecule has 4 atom stereocenters. The maximum atomic E-state index is 15.0. The molecule has 158 valence electrons. The van der Waals surface area contributed by atoms with E-state index < -0.39 is 58.4 Å². The van der Waals surface area contributed by atoms with Crippen molar-refractivity contribution in [2.75, 3.05) is 6.26 Å². The van der Waals surface area contributed by atoms with Crippen LogP contribution in [0.5, 0.6) is 0 Å². The van der Waals surface area contributed by atoms with Gasteiger partial charge in [0.1, 0.15) is 5.41 Å². The predicted molar refractivity (Wildman–Crippen MR) is 91.1 cm³/mol. The summed E-state index contributed by atoms with van der Waals surface area (Å²) in [5.74, 6) is -1.51. The van der Waals surface area contributed by atoms with Crippen LogP contribution in [0.1, 0.15) is 34.6 Å². The predicted octanol–water partition coefficient (Wildman–Crippen LogP) is 0.295. The van der Waals surface area contributed by atoms with Crippen LogP contribution < -0.4 is 8.85 Å². The summed E-state index contributed by atoms with van der Waals surface area (Å²) in [6.45, 7) is 2.35. The first-order valence-corrected chi connectivity index (χ1v) is 11.5. The maximum Gasteiger partial charge on any atom is 0.316 e. The lowest BCUT2D eigenvalue weighted by atomic mass is 9.95. The largest absolute Gasteiger partial charge is 0.595 e. The summed E-state index contributed by atoms with van der Waals surface area (Å²) < 4.78 is 105. The van der Waals surface area contributed by atoms with Crippen LogP contribution in [0.3, 0.4) is 0 Å². The van der Waals surface area contributed by atoms with E-state index in [0.29, 0.717) is 6.26 Å². The van der Waals surface area contributed by atoms with E-state index in [2.05, 4.69) is 0 Å². The number of carbonyl (C=O) groups is 1. The summed E-state index contributed by atoms with van der Waals surface area (Å²) in [5, 5.41) is 0.700. The Kier molecular flexibility index (Phi) is 7.10. The van der Waals surface area contributed by atoms with Gasteiger partial charge in [-0.1, -0.05) is 0 Å². The van der Waals surface area contributed by atoms with Crippen LogP contribution in [0.15, 0.2) is 0 Å². The molecule has 27 heavy (non-hydrogen) atoms. The van der Waals surface area contributed by atoms with E-state index in [1.807, 2.05) is 0 Å². The smallest absolute Gasteiger partial charge is 0.316 e. The molecule has 9 nitrogen and oxygen atoms in total. The highest BCUT2D eigenvalue weighted by molar-refractivity contribution is 8.05. The minimum atomic E-state index is -5.61. The highest BCUT2D eigenvalue weighted by atomic mass is 32.3. The maximum absolute atomic E-state index is 15.0. The lowest BCUT2D eigenvalue weighted by Gasteiger charge is -2.40. The van der Waals surface area contributed by atoms with Crippen molar-refractivity contribution in [1.29, 1.82) is 5.26 Å². The molecule has 0 rings (SSSR count). The van der Waals surface area contributed by atoms with E-state index in [4.69, 9.17) is 5.26 Å². The lowest BCUT2D eigenvalue weighted by molar-refractivity contribution is -0.125. The molecule has 0 aliphatic heterocycles. The van der Waals surface area contributed by atoms with Crippen molar-refractivity contribution >= 4 is 37.3 Å².